The van der Waals surface area contributed by atoms with Gasteiger partial charge in [0.2, 0.25) is 6.79 Å². The molecule has 2 aromatic carbocycles. The molecule has 5 nitrogen and oxygen atoms in total. The van der Waals surface area contributed by atoms with Gasteiger partial charge in [-0.05, 0) is 53.6 Å². The second-order valence-electron chi connectivity index (χ2n) is 6.60. The summed E-state index contributed by atoms with van der Waals surface area (Å²) in [5, 5.41) is 20.5. The predicted octanol–water partition coefficient (Wildman–Crippen LogP) is 3.68. The third-order valence-corrected chi connectivity index (χ3v) is 4.94. The fraction of sp³-hybridized carbons (Fsp3) is 0.400. The molecule has 25 heavy (non-hydrogen) atoms. The summed E-state index contributed by atoms with van der Waals surface area (Å²) in [6, 6.07) is 10.9. The molecule has 5 heteroatoms. The van der Waals surface area contributed by atoms with E-state index in [0.717, 1.165) is 17.5 Å². The van der Waals surface area contributed by atoms with Gasteiger partial charge in [-0.1, -0.05) is 26.0 Å². The van der Waals surface area contributed by atoms with E-state index in [2.05, 4.69) is 6.92 Å². The molecule has 1 aliphatic heterocycles. The second kappa shape index (κ2) is 7.23. The van der Waals surface area contributed by atoms with E-state index in [4.69, 9.17) is 14.2 Å². The Bertz CT molecular complexity index is 743. The van der Waals surface area contributed by atoms with Gasteiger partial charge in [0.1, 0.15) is 0 Å². The lowest BCUT2D eigenvalue weighted by atomic mass is 9.83. The Morgan fingerprint density at radius 3 is 2.60 bits per heavy atom. The Labute approximate surface area is 147 Å². The number of phenols is 1. The number of fused-ring (bicyclic) bond motifs is 1. The van der Waals surface area contributed by atoms with E-state index in [0.29, 0.717) is 17.2 Å². The second-order valence-corrected chi connectivity index (χ2v) is 6.60. The van der Waals surface area contributed by atoms with Gasteiger partial charge in [-0.25, -0.2) is 0 Å². The largest absolute Gasteiger partial charge is 0.504 e. The van der Waals surface area contributed by atoms with Gasteiger partial charge in [-0.15, -0.1) is 0 Å². The Morgan fingerprint density at radius 1 is 1.08 bits per heavy atom. The molecular formula is C20H24O5. The van der Waals surface area contributed by atoms with Crippen molar-refractivity contribution in [1.82, 2.24) is 0 Å². The molecule has 0 unspecified atom stereocenters. The molecule has 0 radical (unpaired) electrons. The van der Waals surface area contributed by atoms with Crippen molar-refractivity contribution in [3.8, 4) is 23.0 Å². The Hall–Kier alpha value is -2.40. The number of rotatable bonds is 6. The monoisotopic (exact) mass is 344 g/mol. The van der Waals surface area contributed by atoms with Crippen LogP contribution < -0.4 is 14.2 Å². The number of aromatic hydroxyl groups is 1. The Kier molecular flexibility index (Phi) is 5.04. The minimum absolute atomic E-state index is 0.0418. The van der Waals surface area contributed by atoms with E-state index in [1.54, 1.807) is 6.07 Å². The lowest BCUT2D eigenvalue weighted by Gasteiger charge is -2.26. The number of aliphatic hydroxyl groups is 1. The summed E-state index contributed by atoms with van der Waals surface area (Å²) in [4.78, 5) is 0. The zero-order valence-corrected chi connectivity index (χ0v) is 14.7. The standard InChI is InChI=1S/C20H24O5/c1-12(8-14-4-6-16(21)18(9-14)23-3)13(2)20(22)15-5-7-17-19(10-15)25-11-24-17/h4-7,9-10,12-13,20-22H,8,11H2,1-3H3/t12-,13+,20-/m1/s1. The fourth-order valence-electron chi connectivity index (χ4n) is 3.12. The zero-order valence-electron chi connectivity index (χ0n) is 14.7. The number of ether oxygens (including phenoxy) is 3. The molecule has 134 valence electrons. The van der Waals surface area contributed by atoms with Crippen LogP contribution in [0, 0.1) is 11.8 Å². The van der Waals surface area contributed by atoms with Crippen molar-refractivity contribution in [2.75, 3.05) is 13.9 Å². The van der Waals surface area contributed by atoms with Gasteiger partial charge in [0.15, 0.2) is 23.0 Å². The highest BCUT2D eigenvalue weighted by molar-refractivity contribution is 5.45. The van der Waals surface area contributed by atoms with Crippen molar-refractivity contribution in [1.29, 1.82) is 0 Å². The average molecular weight is 344 g/mol. The van der Waals surface area contributed by atoms with Crippen molar-refractivity contribution >= 4 is 0 Å². The first-order valence-corrected chi connectivity index (χ1v) is 8.43. The summed E-state index contributed by atoms with van der Waals surface area (Å²) in [5.41, 5.74) is 1.89. The first-order chi connectivity index (χ1) is 12.0. The van der Waals surface area contributed by atoms with Crippen molar-refractivity contribution < 1.29 is 24.4 Å². The molecule has 0 saturated carbocycles. The summed E-state index contributed by atoms with van der Waals surface area (Å²) in [5.74, 6) is 2.27. The molecule has 2 aromatic rings. The number of benzene rings is 2. The molecule has 0 aliphatic carbocycles. The maximum Gasteiger partial charge on any atom is 0.231 e. The molecule has 0 aromatic heterocycles. The van der Waals surface area contributed by atoms with Gasteiger partial charge in [-0.3, -0.25) is 0 Å². The van der Waals surface area contributed by atoms with Crippen LogP contribution in [0.5, 0.6) is 23.0 Å². The third-order valence-electron chi connectivity index (χ3n) is 4.94. The highest BCUT2D eigenvalue weighted by Gasteiger charge is 2.25. The average Bonchev–Trinajstić information content (AvgIpc) is 3.09. The predicted molar refractivity (Wildman–Crippen MR) is 94.2 cm³/mol. The van der Waals surface area contributed by atoms with Gasteiger partial charge < -0.3 is 24.4 Å². The van der Waals surface area contributed by atoms with Crippen LogP contribution in [-0.4, -0.2) is 24.1 Å². The lowest BCUT2D eigenvalue weighted by Crippen LogP contribution is -2.19. The van der Waals surface area contributed by atoms with Crippen LogP contribution in [0.25, 0.3) is 0 Å². The summed E-state index contributed by atoms with van der Waals surface area (Å²) >= 11 is 0. The molecule has 3 rings (SSSR count). The highest BCUT2D eigenvalue weighted by Crippen LogP contribution is 2.37. The SMILES string of the molecule is COc1cc(C[C@@H](C)[C@H](C)[C@@H](O)c2ccc3c(c2)OCO3)ccc1O. The zero-order chi connectivity index (χ0) is 18.0. The van der Waals surface area contributed by atoms with E-state index < -0.39 is 6.10 Å². The fourth-order valence-corrected chi connectivity index (χ4v) is 3.12. The van der Waals surface area contributed by atoms with Gasteiger partial charge in [0, 0.05) is 0 Å². The molecule has 0 spiro atoms. The van der Waals surface area contributed by atoms with Crippen molar-refractivity contribution in [2.24, 2.45) is 11.8 Å². The molecule has 0 bridgehead atoms. The maximum atomic E-state index is 10.8. The van der Waals surface area contributed by atoms with Crippen LogP contribution in [0.4, 0.5) is 0 Å². The molecule has 3 atom stereocenters. The van der Waals surface area contributed by atoms with E-state index in [1.807, 2.05) is 37.3 Å². The summed E-state index contributed by atoms with van der Waals surface area (Å²) in [6.45, 7) is 4.38. The summed E-state index contributed by atoms with van der Waals surface area (Å²) in [7, 11) is 1.54. The van der Waals surface area contributed by atoms with Gasteiger partial charge in [-0.2, -0.15) is 0 Å². The van der Waals surface area contributed by atoms with Crippen LogP contribution in [0.2, 0.25) is 0 Å². The third kappa shape index (κ3) is 3.66. The van der Waals surface area contributed by atoms with E-state index >= 15 is 0 Å². The van der Waals surface area contributed by atoms with Crippen LogP contribution in [0.15, 0.2) is 36.4 Å². The number of methoxy groups -OCH3 is 1. The van der Waals surface area contributed by atoms with E-state index in [1.165, 1.54) is 7.11 Å². The lowest BCUT2D eigenvalue weighted by molar-refractivity contribution is 0.0869. The summed E-state index contributed by atoms with van der Waals surface area (Å²) in [6.07, 6.45) is 0.183. The molecule has 0 fully saturated rings. The van der Waals surface area contributed by atoms with Crippen molar-refractivity contribution in [2.45, 2.75) is 26.4 Å². The van der Waals surface area contributed by atoms with Gasteiger partial charge in [0.25, 0.3) is 0 Å². The molecule has 1 aliphatic rings. The van der Waals surface area contributed by atoms with E-state index in [-0.39, 0.29) is 24.4 Å². The number of hydrogen-bond acceptors (Lipinski definition) is 5. The van der Waals surface area contributed by atoms with Crippen molar-refractivity contribution in [3.63, 3.8) is 0 Å². The topological polar surface area (TPSA) is 68.2 Å². The van der Waals surface area contributed by atoms with Crippen molar-refractivity contribution in [3.05, 3.63) is 47.5 Å². The smallest absolute Gasteiger partial charge is 0.231 e. The molecule has 2 N–H and O–H groups in total. The summed E-state index contributed by atoms with van der Waals surface area (Å²) < 4.78 is 15.9. The number of phenolic OH excluding ortho intramolecular Hbond substituents is 1. The van der Waals surface area contributed by atoms with Crippen LogP contribution >= 0.6 is 0 Å². The molecule has 1 heterocycles. The first-order valence-electron chi connectivity index (χ1n) is 8.43. The van der Waals surface area contributed by atoms with Gasteiger partial charge in [0.05, 0.1) is 13.2 Å². The van der Waals surface area contributed by atoms with Gasteiger partial charge >= 0.3 is 0 Å². The number of hydrogen-bond donors (Lipinski definition) is 2. The normalized spacial score (nSPS) is 16.3. The molecule has 0 saturated heterocycles. The van der Waals surface area contributed by atoms with Crippen LogP contribution in [-0.2, 0) is 6.42 Å². The van der Waals surface area contributed by atoms with Crippen LogP contribution in [0.1, 0.15) is 31.1 Å². The Balaban J connectivity index is 1.70. The Morgan fingerprint density at radius 2 is 1.84 bits per heavy atom. The number of aliphatic hydroxyl groups excluding tert-OH is 1. The van der Waals surface area contributed by atoms with E-state index in [9.17, 15) is 10.2 Å². The molecular weight excluding hydrogens is 320 g/mol. The first kappa shape index (κ1) is 17.4. The quantitative estimate of drug-likeness (QED) is 0.837. The highest BCUT2D eigenvalue weighted by atomic mass is 16.7. The molecule has 0 amide bonds. The minimum atomic E-state index is -0.594. The maximum absolute atomic E-state index is 10.8. The minimum Gasteiger partial charge on any atom is -0.504 e. The van der Waals surface area contributed by atoms with Crippen LogP contribution in [0.3, 0.4) is 0 Å².